The lowest BCUT2D eigenvalue weighted by Gasteiger charge is -2.15. The van der Waals surface area contributed by atoms with Crippen molar-refractivity contribution in [2.75, 3.05) is 0 Å². The van der Waals surface area contributed by atoms with Crippen LogP contribution in [0.3, 0.4) is 0 Å². The van der Waals surface area contributed by atoms with Crippen molar-refractivity contribution in [1.82, 2.24) is 19.9 Å². The molecule has 4 heterocycles. The molecule has 0 unspecified atom stereocenters. The molecule has 5 aromatic carbocycles. The molecule has 0 radical (unpaired) electrons. The fraction of sp³-hybridized carbons (Fsp3) is 0.0244. The van der Waals surface area contributed by atoms with Gasteiger partial charge in [0, 0.05) is 34.9 Å². The largest absolute Gasteiger partial charge is 0.387 e. The Labute approximate surface area is 261 Å². The van der Waals surface area contributed by atoms with E-state index in [1.165, 1.54) is 43.7 Å². The van der Waals surface area contributed by atoms with Crippen molar-refractivity contribution in [2.24, 2.45) is 0 Å². The summed E-state index contributed by atoms with van der Waals surface area (Å²) >= 11 is 0. The minimum Gasteiger partial charge on any atom is -0.387 e. The van der Waals surface area contributed by atoms with Gasteiger partial charge in [0.25, 0.3) is 0 Å². The van der Waals surface area contributed by atoms with Gasteiger partial charge in [0.15, 0.2) is 0 Å². The maximum Gasteiger partial charge on any atom is 0.0899 e. The third-order valence-electron chi connectivity index (χ3n) is 8.91. The van der Waals surface area contributed by atoms with E-state index in [0.717, 1.165) is 46.0 Å². The van der Waals surface area contributed by atoms with Gasteiger partial charge in [0.05, 0.1) is 28.3 Å². The van der Waals surface area contributed by atoms with E-state index in [1.807, 2.05) is 30.6 Å². The van der Waals surface area contributed by atoms with E-state index in [0.29, 0.717) is 0 Å². The maximum atomic E-state index is 5.22. The zero-order valence-corrected chi connectivity index (χ0v) is 24.5. The fourth-order valence-corrected chi connectivity index (χ4v) is 6.81. The van der Waals surface area contributed by atoms with Gasteiger partial charge in [-0.05, 0) is 93.5 Å². The first-order valence-corrected chi connectivity index (χ1v) is 15.3. The molecule has 1 aliphatic rings. The number of aromatic nitrogens is 3. The van der Waals surface area contributed by atoms with Gasteiger partial charge in [-0.1, -0.05) is 84.9 Å². The molecular weight excluding hydrogens is 548 g/mol. The summed E-state index contributed by atoms with van der Waals surface area (Å²) in [6.07, 6.45) is 6.05. The average molecular weight is 577 g/mol. The first-order chi connectivity index (χ1) is 22.3. The molecule has 0 saturated carbocycles. The summed E-state index contributed by atoms with van der Waals surface area (Å²) in [5.41, 5.74) is 10.9. The van der Waals surface area contributed by atoms with Crippen LogP contribution in [0.25, 0.3) is 78.0 Å². The number of benzene rings is 5. The van der Waals surface area contributed by atoms with Gasteiger partial charge in [-0.15, -0.1) is 0 Å². The average Bonchev–Trinajstić information content (AvgIpc) is 3.46. The SMILES string of the molecule is C1=Cc2c(c3ccccc3n2-c2ccc(-c3cc(-c4ccccn4)nc(-c4cc5ccccc5c5ccccc45)c3)cc2)CN1. The van der Waals surface area contributed by atoms with Crippen molar-refractivity contribution < 1.29 is 0 Å². The Morgan fingerprint density at radius 3 is 2.16 bits per heavy atom. The number of hydrogen-bond donors (Lipinski definition) is 1. The van der Waals surface area contributed by atoms with E-state index in [9.17, 15) is 0 Å². The molecule has 4 nitrogen and oxygen atoms in total. The summed E-state index contributed by atoms with van der Waals surface area (Å²) in [5.74, 6) is 0. The van der Waals surface area contributed by atoms with Crippen LogP contribution in [0.1, 0.15) is 11.3 Å². The third-order valence-corrected chi connectivity index (χ3v) is 8.91. The Morgan fingerprint density at radius 2 is 1.31 bits per heavy atom. The molecule has 0 atom stereocenters. The highest BCUT2D eigenvalue weighted by Crippen LogP contribution is 2.38. The van der Waals surface area contributed by atoms with Gasteiger partial charge in [-0.2, -0.15) is 0 Å². The van der Waals surface area contributed by atoms with E-state index < -0.39 is 0 Å². The Balaban J connectivity index is 1.22. The third kappa shape index (κ3) is 4.22. The predicted molar refractivity (Wildman–Crippen MR) is 186 cm³/mol. The molecule has 0 saturated heterocycles. The first-order valence-electron chi connectivity index (χ1n) is 15.3. The molecule has 1 N–H and O–H groups in total. The van der Waals surface area contributed by atoms with Crippen molar-refractivity contribution in [3.63, 3.8) is 0 Å². The van der Waals surface area contributed by atoms with Crippen molar-refractivity contribution >= 4 is 38.5 Å². The van der Waals surface area contributed by atoms with Crippen molar-refractivity contribution in [1.29, 1.82) is 0 Å². The quantitative estimate of drug-likeness (QED) is 0.212. The standard InChI is InChI=1S/C41H28N4/c1-2-10-31-28(9-1)23-35(33-12-4-3-11-32(31)33)38-24-29(25-39(44-38)37-14-7-8-21-43-37)27-16-18-30(19-17-27)45-40-15-6-5-13-34(40)36-26-42-22-20-41(36)45/h1-25,42H,26H2. The van der Waals surface area contributed by atoms with Gasteiger partial charge in [0.2, 0.25) is 0 Å². The molecule has 3 aromatic heterocycles. The molecule has 0 fully saturated rings. The summed E-state index contributed by atoms with van der Waals surface area (Å²) in [5, 5.41) is 9.54. The van der Waals surface area contributed by atoms with Gasteiger partial charge >= 0.3 is 0 Å². The minimum atomic E-state index is 0.830. The Kier molecular flexibility index (Phi) is 5.85. The summed E-state index contributed by atoms with van der Waals surface area (Å²) < 4.78 is 2.37. The van der Waals surface area contributed by atoms with Crippen LogP contribution in [0.15, 0.2) is 146 Å². The topological polar surface area (TPSA) is 42.7 Å². The highest BCUT2D eigenvalue weighted by Gasteiger charge is 2.18. The molecule has 0 spiro atoms. The number of hydrogen-bond acceptors (Lipinski definition) is 3. The predicted octanol–water partition coefficient (Wildman–Crippen LogP) is 9.80. The maximum absolute atomic E-state index is 5.22. The highest BCUT2D eigenvalue weighted by molar-refractivity contribution is 6.13. The molecule has 0 amide bonds. The van der Waals surface area contributed by atoms with E-state index in [2.05, 4.69) is 136 Å². The highest BCUT2D eigenvalue weighted by atomic mass is 15.0. The van der Waals surface area contributed by atoms with Crippen LogP contribution >= 0.6 is 0 Å². The molecule has 45 heavy (non-hydrogen) atoms. The van der Waals surface area contributed by atoms with Crippen LogP contribution in [-0.4, -0.2) is 14.5 Å². The number of nitrogens with one attached hydrogen (secondary N) is 1. The fourth-order valence-electron chi connectivity index (χ4n) is 6.81. The zero-order chi connectivity index (χ0) is 29.7. The van der Waals surface area contributed by atoms with Crippen LogP contribution in [-0.2, 0) is 6.54 Å². The number of rotatable bonds is 4. The molecule has 212 valence electrons. The second-order valence-electron chi connectivity index (χ2n) is 11.5. The minimum absolute atomic E-state index is 0.830. The van der Waals surface area contributed by atoms with Gasteiger partial charge < -0.3 is 9.88 Å². The van der Waals surface area contributed by atoms with Crippen LogP contribution in [0.5, 0.6) is 0 Å². The number of para-hydroxylation sites is 1. The number of pyridine rings is 2. The second kappa shape index (κ2) is 10.3. The Hall–Kier alpha value is -6.00. The number of fused-ring (bicyclic) bond motifs is 6. The summed E-state index contributed by atoms with van der Waals surface area (Å²) in [6.45, 7) is 0.830. The smallest absolute Gasteiger partial charge is 0.0899 e. The Bertz CT molecular complexity index is 2420. The monoisotopic (exact) mass is 576 g/mol. The molecule has 8 aromatic rings. The zero-order valence-electron chi connectivity index (χ0n) is 24.5. The van der Waals surface area contributed by atoms with Crippen molar-refractivity contribution in [3.05, 3.63) is 157 Å². The molecule has 4 heteroatoms. The van der Waals surface area contributed by atoms with Crippen LogP contribution in [0.4, 0.5) is 0 Å². The van der Waals surface area contributed by atoms with Crippen LogP contribution in [0, 0.1) is 0 Å². The summed E-state index contributed by atoms with van der Waals surface area (Å²) in [4.78, 5) is 9.89. The normalized spacial score (nSPS) is 12.4. The molecular formula is C41H28N4. The Morgan fingerprint density at radius 1 is 0.578 bits per heavy atom. The second-order valence-corrected chi connectivity index (χ2v) is 11.5. The molecule has 1 aliphatic heterocycles. The number of nitrogens with zero attached hydrogens (tertiary/aromatic N) is 3. The van der Waals surface area contributed by atoms with E-state index in [-0.39, 0.29) is 0 Å². The first kappa shape index (κ1) is 25.5. The molecule has 0 bridgehead atoms. The van der Waals surface area contributed by atoms with Gasteiger partial charge in [0.1, 0.15) is 0 Å². The molecule has 0 aliphatic carbocycles. The van der Waals surface area contributed by atoms with Crippen LogP contribution in [0.2, 0.25) is 0 Å². The summed E-state index contributed by atoms with van der Waals surface area (Å²) in [6, 6.07) is 47.4. The van der Waals surface area contributed by atoms with E-state index >= 15 is 0 Å². The lowest BCUT2D eigenvalue weighted by Crippen LogP contribution is -2.10. The van der Waals surface area contributed by atoms with Crippen LogP contribution < -0.4 is 5.32 Å². The van der Waals surface area contributed by atoms with E-state index in [1.54, 1.807) is 0 Å². The molecule has 9 rings (SSSR count). The van der Waals surface area contributed by atoms with Crippen molar-refractivity contribution in [3.8, 4) is 39.5 Å². The lowest BCUT2D eigenvalue weighted by atomic mass is 9.94. The van der Waals surface area contributed by atoms with Gasteiger partial charge in [-0.25, -0.2) is 4.98 Å². The lowest BCUT2D eigenvalue weighted by molar-refractivity contribution is 0.855. The summed E-state index contributed by atoms with van der Waals surface area (Å²) in [7, 11) is 0. The van der Waals surface area contributed by atoms with Crippen molar-refractivity contribution in [2.45, 2.75) is 6.54 Å². The van der Waals surface area contributed by atoms with Gasteiger partial charge in [-0.3, -0.25) is 4.98 Å². The van der Waals surface area contributed by atoms with E-state index in [4.69, 9.17) is 4.98 Å².